The van der Waals surface area contributed by atoms with Crippen LogP contribution in [0.2, 0.25) is 0 Å². The fraction of sp³-hybridized carbons (Fsp3) is 0.517. The molecule has 2 aromatic rings. The Balaban J connectivity index is 0.00000216. The van der Waals surface area contributed by atoms with Crippen LogP contribution in [0.25, 0.3) is 0 Å². The first-order chi connectivity index (χ1) is 19.1. The van der Waals surface area contributed by atoms with Gasteiger partial charge in [-0.3, -0.25) is 19.8 Å². The van der Waals surface area contributed by atoms with Crippen molar-refractivity contribution < 1.29 is 28.2 Å². The molecule has 1 aromatic carbocycles. The number of fused-ring (bicyclic) bond motifs is 4. The first-order valence-corrected chi connectivity index (χ1v) is 13.8. The molecule has 1 aromatic heterocycles. The maximum atomic E-state index is 13.9. The predicted octanol–water partition coefficient (Wildman–Crippen LogP) is 4.06. The molecule has 0 spiro atoms. The molecular weight excluding hydrogens is 517 g/mol. The Bertz CT molecular complexity index is 1270. The van der Waals surface area contributed by atoms with Gasteiger partial charge in [-0.25, -0.2) is 4.39 Å². The third-order valence-corrected chi connectivity index (χ3v) is 6.88. The van der Waals surface area contributed by atoms with E-state index in [1.165, 1.54) is 19.2 Å². The molecule has 3 N–H and O–H groups in total. The lowest BCUT2D eigenvalue weighted by atomic mass is 10.1. The molecule has 2 aliphatic rings. The maximum absolute atomic E-state index is 13.9. The molecule has 1 unspecified atom stereocenters. The normalized spacial score (nSPS) is 18.4. The van der Waals surface area contributed by atoms with Gasteiger partial charge in [0.15, 0.2) is 11.4 Å². The van der Waals surface area contributed by atoms with Crippen molar-refractivity contribution in [1.82, 2.24) is 20.1 Å². The SMILES string of the molecule is CC.COc1c2c(n3c1C(=O)N(C(C)C)CC3C)C(=N)C(=O)NCCCCCOc1cc(F)ccc1CNC2=O. The van der Waals surface area contributed by atoms with E-state index in [-0.39, 0.29) is 47.2 Å². The van der Waals surface area contributed by atoms with Crippen LogP contribution in [0, 0.1) is 11.2 Å². The number of nitrogens with zero attached hydrogens (tertiary/aromatic N) is 2. The quantitative estimate of drug-likeness (QED) is 0.514. The molecule has 40 heavy (non-hydrogen) atoms. The molecule has 0 saturated heterocycles. The number of carbonyl (C=O) groups excluding carboxylic acids is 3. The van der Waals surface area contributed by atoms with Gasteiger partial charge in [0.2, 0.25) is 0 Å². The number of ether oxygens (including phenoxy) is 2. The fourth-order valence-corrected chi connectivity index (χ4v) is 4.95. The topological polar surface area (TPSA) is 126 Å². The number of hydrogen-bond donors (Lipinski definition) is 3. The Hall–Kier alpha value is -3.89. The Morgan fingerprint density at radius 2 is 1.80 bits per heavy atom. The molecule has 0 fully saturated rings. The van der Waals surface area contributed by atoms with Gasteiger partial charge < -0.3 is 29.6 Å². The summed E-state index contributed by atoms with van der Waals surface area (Å²) < 4.78 is 26.9. The molecule has 218 valence electrons. The number of nitrogens with one attached hydrogen (secondary N) is 3. The van der Waals surface area contributed by atoms with E-state index in [2.05, 4.69) is 10.6 Å². The van der Waals surface area contributed by atoms with Gasteiger partial charge in [-0.1, -0.05) is 19.9 Å². The summed E-state index contributed by atoms with van der Waals surface area (Å²) in [4.78, 5) is 41.9. The fourth-order valence-electron chi connectivity index (χ4n) is 4.95. The highest BCUT2D eigenvalue weighted by Crippen LogP contribution is 2.38. The number of hydrogen-bond acceptors (Lipinski definition) is 6. The van der Waals surface area contributed by atoms with Gasteiger partial charge in [0.1, 0.15) is 22.8 Å². The number of carbonyl (C=O) groups is 3. The van der Waals surface area contributed by atoms with Crippen LogP contribution in [0.4, 0.5) is 4.39 Å². The Labute approximate surface area is 234 Å². The van der Waals surface area contributed by atoms with Crippen molar-refractivity contribution in [3.8, 4) is 11.5 Å². The summed E-state index contributed by atoms with van der Waals surface area (Å²) in [6.45, 7) is 10.7. The molecule has 10 nitrogen and oxygen atoms in total. The van der Waals surface area contributed by atoms with Gasteiger partial charge in [0, 0.05) is 43.3 Å². The number of aromatic nitrogens is 1. The number of halogens is 1. The van der Waals surface area contributed by atoms with E-state index >= 15 is 0 Å². The molecule has 4 rings (SSSR count). The molecule has 2 aliphatic heterocycles. The van der Waals surface area contributed by atoms with Gasteiger partial charge in [0.05, 0.1) is 19.4 Å². The second-order valence-electron chi connectivity index (χ2n) is 9.85. The highest BCUT2D eigenvalue weighted by molar-refractivity contribution is 6.45. The lowest BCUT2D eigenvalue weighted by Gasteiger charge is -2.36. The second-order valence-corrected chi connectivity index (χ2v) is 9.85. The molecule has 3 heterocycles. The predicted molar refractivity (Wildman–Crippen MR) is 150 cm³/mol. The second kappa shape index (κ2) is 13.5. The summed E-state index contributed by atoms with van der Waals surface area (Å²) in [5.74, 6) is -1.73. The Morgan fingerprint density at radius 3 is 2.48 bits per heavy atom. The minimum absolute atomic E-state index is 0.00129. The first kappa shape index (κ1) is 30.6. The van der Waals surface area contributed by atoms with Crippen molar-refractivity contribution in [1.29, 1.82) is 5.41 Å². The van der Waals surface area contributed by atoms with E-state index in [0.29, 0.717) is 43.9 Å². The number of rotatable bonds is 2. The molecule has 0 aliphatic carbocycles. The summed E-state index contributed by atoms with van der Waals surface area (Å²) in [6, 6.07) is 3.68. The summed E-state index contributed by atoms with van der Waals surface area (Å²) in [5.41, 5.74) is 0.236. The van der Waals surface area contributed by atoms with Crippen molar-refractivity contribution in [3.63, 3.8) is 0 Å². The highest BCUT2D eigenvalue weighted by Gasteiger charge is 2.42. The molecular formula is C29H40FN5O5. The minimum atomic E-state index is -0.642. The van der Waals surface area contributed by atoms with Crippen LogP contribution < -0.4 is 20.1 Å². The van der Waals surface area contributed by atoms with Crippen LogP contribution in [-0.2, 0) is 11.3 Å². The van der Waals surface area contributed by atoms with E-state index in [0.717, 1.165) is 6.42 Å². The van der Waals surface area contributed by atoms with Crippen LogP contribution in [0.3, 0.4) is 0 Å². The molecule has 1 atom stereocenters. The number of benzene rings is 1. The first-order valence-electron chi connectivity index (χ1n) is 13.8. The Morgan fingerprint density at radius 1 is 1.07 bits per heavy atom. The van der Waals surface area contributed by atoms with E-state index in [4.69, 9.17) is 14.9 Å². The van der Waals surface area contributed by atoms with Crippen molar-refractivity contribution in [2.75, 3.05) is 26.8 Å². The summed E-state index contributed by atoms with van der Waals surface area (Å²) >= 11 is 0. The summed E-state index contributed by atoms with van der Waals surface area (Å²) in [7, 11) is 1.35. The van der Waals surface area contributed by atoms with Gasteiger partial charge in [-0.05, 0) is 46.1 Å². The molecule has 0 radical (unpaired) electrons. The lowest BCUT2D eigenvalue weighted by Crippen LogP contribution is -2.46. The molecule has 0 bridgehead atoms. The van der Waals surface area contributed by atoms with E-state index < -0.39 is 23.3 Å². The van der Waals surface area contributed by atoms with Crippen LogP contribution >= 0.6 is 0 Å². The highest BCUT2D eigenvalue weighted by atomic mass is 19.1. The third kappa shape index (κ3) is 6.13. The average Bonchev–Trinajstić information content (AvgIpc) is 3.30. The zero-order chi connectivity index (χ0) is 29.6. The molecule has 0 saturated carbocycles. The van der Waals surface area contributed by atoms with Crippen LogP contribution in [0.15, 0.2) is 18.2 Å². The zero-order valence-corrected chi connectivity index (χ0v) is 24.2. The number of amides is 3. The van der Waals surface area contributed by atoms with Crippen LogP contribution in [0.5, 0.6) is 11.5 Å². The minimum Gasteiger partial charge on any atom is -0.493 e. The molecule has 3 amide bonds. The van der Waals surface area contributed by atoms with E-state index in [1.807, 2.05) is 34.6 Å². The van der Waals surface area contributed by atoms with Crippen molar-refractivity contribution in [3.05, 3.63) is 46.5 Å². The van der Waals surface area contributed by atoms with E-state index in [9.17, 15) is 18.8 Å². The van der Waals surface area contributed by atoms with Gasteiger partial charge >= 0.3 is 0 Å². The van der Waals surface area contributed by atoms with Crippen molar-refractivity contribution >= 4 is 23.4 Å². The molecule has 11 heteroatoms. The van der Waals surface area contributed by atoms with Crippen molar-refractivity contribution in [2.45, 2.75) is 72.5 Å². The van der Waals surface area contributed by atoms with E-state index in [1.54, 1.807) is 15.5 Å². The zero-order valence-electron chi connectivity index (χ0n) is 24.2. The van der Waals surface area contributed by atoms with Crippen molar-refractivity contribution in [2.24, 2.45) is 0 Å². The summed E-state index contributed by atoms with van der Waals surface area (Å²) in [5, 5.41) is 14.3. The van der Waals surface area contributed by atoms with Gasteiger partial charge in [-0.15, -0.1) is 0 Å². The van der Waals surface area contributed by atoms with Gasteiger partial charge in [-0.2, -0.15) is 0 Å². The monoisotopic (exact) mass is 557 g/mol. The number of methoxy groups -OCH3 is 1. The lowest BCUT2D eigenvalue weighted by molar-refractivity contribution is -0.114. The largest absolute Gasteiger partial charge is 0.493 e. The smallest absolute Gasteiger partial charge is 0.274 e. The third-order valence-electron chi connectivity index (χ3n) is 6.88. The maximum Gasteiger partial charge on any atom is 0.274 e. The van der Waals surface area contributed by atoms with Crippen LogP contribution in [0.1, 0.15) is 92.0 Å². The average molecular weight is 558 g/mol. The van der Waals surface area contributed by atoms with Gasteiger partial charge in [0.25, 0.3) is 17.7 Å². The standard InChI is InChI=1S/C27H34FN5O5.C2H6/c1-15(2)32-14-16(3)33-22-20(24(37-4)23(33)27(32)36)25(34)31-13-17-8-9-18(28)12-19(17)38-11-7-5-6-10-30-26(35)21(22)29;1-2/h8-9,12,15-16,29H,5-7,10-11,13-14H2,1-4H3,(H,30,35)(H,31,34);1-2H3. The van der Waals surface area contributed by atoms with Crippen LogP contribution in [-0.4, -0.2) is 65.7 Å². The Kier molecular flexibility index (Phi) is 10.3. The summed E-state index contributed by atoms with van der Waals surface area (Å²) in [6.07, 6.45) is 2.10.